The molecule has 0 unspecified atom stereocenters. The average molecular weight is 233 g/mol. The highest BCUT2D eigenvalue weighted by atomic mass is 32.1. The highest BCUT2D eigenvalue weighted by Gasteiger charge is 2.09. The Labute approximate surface area is 96.4 Å². The molecule has 0 aromatic rings. The van der Waals surface area contributed by atoms with Crippen LogP contribution in [0, 0.1) is 0 Å². The van der Waals surface area contributed by atoms with Crippen molar-refractivity contribution in [2.24, 2.45) is 0 Å². The number of nitrogens with zero attached hydrogens (tertiary/aromatic N) is 1. The van der Waals surface area contributed by atoms with Gasteiger partial charge in [-0.1, -0.05) is 13.8 Å². The number of thiol groups is 1. The molecule has 0 saturated heterocycles. The molecule has 0 aliphatic carbocycles. The summed E-state index contributed by atoms with van der Waals surface area (Å²) in [6.45, 7) is 3.80. The van der Waals surface area contributed by atoms with Crippen molar-refractivity contribution in [2.45, 2.75) is 33.1 Å². The van der Waals surface area contributed by atoms with Gasteiger partial charge in [0.15, 0.2) is 0 Å². The molecular formula is C10H19NO3S. The lowest BCUT2D eigenvalue weighted by molar-refractivity contribution is -0.139. The van der Waals surface area contributed by atoms with E-state index in [4.69, 9.17) is 0 Å². The summed E-state index contributed by atoms with van der Waals surface area (Å²) >= 11 is 3.92. The lowest BCUT2D eigenvalue weighted by Crippen LogP contribution is -2.30. The smallest absolute Gasteiger partial charge is 0.229 e. The molecule has 0 spiro atoms. The van der Waals surface area contributed by atoms with Gasteiger partial charge in [-0.15, -0.1) is 0 Å². The molecule has 2 amide bonds. The van der Waals surface area contributed by atoms with Crippen LogP contribution in [0.5, 0.6) is 0 Å². The largest absolute Gasteiger partial charge is 0.301 e. The van der Waals surface area contributed by atoms with E-state index < -0.39 is 0 Å². The predicted molar refractivity (Wildman–Crippen MR) is 62.9 cm³/mol. The quantitative estimate of drug-likeness (QED) is 0.555. The maximum Gasteiger partial charge on any atom is 0.229 e. The van der Waals surface area contributed by atoms with E-state index >= 15 is 0 Å². The van der Waals surface area contributed by atoms with Crippen molar-refractivity contribution < 1.29 is 14.4 Å². The van der Waals surface area contributed by atoms with Crippen molar-refractivity contribution in [1.29, 1.82) is 0 Å². The van der Waals surface area contributed by atoms with Gasteiger partial charge < -0.3 is 4.79 Å². The van der Waals surface area contributed by atoms with Crippen molar-refractivity contribution in [2.75, 3.05) is 12.3 Å². The van der Waals surface area contributed by atoms with E-state index in [-0.39, 0.29) is 12.5 Å². The van der Waals surface area contributed by atoms with Crippen LogP contribution < -0.4 is 0 Å². The Morgan fingerprint density at radius 3 is 2.07 bits per heavy atom. The Hall–Kier alpha value is -0.840. The first-order chi connectivity index (χ1) is 7.17. The fraction of sp³-hybridized carbons (Fsp3) is 0.700. The summed E-state index contributed by atoms with van der Waals surface area (Å²) in [5.41, 5.74) is 0. The van der Waals surface area contributed by atoms with Gasteiger partial charge in [0.25, 0.3) is 0 Å². The molecule has 0 fully saturated rings. The van der Waals surface area contributed by atoms with E-state index in [9.17, 15) is 14.4 Å². The summed E-state index contributed by atoms with van der Waals surface area (Å²) in [7, 11) is 0. The zero-order valence-corrected chi connectivity index (χ0v) is 10.2. The average Bonchev–Trinajstić information content (AvgIpc) is 2.26. The standard InChI is InChI=1S/C7H11NO3.C3H8S/c1-2-3-7(11)8(6-10)4-5-9;1-2-3-4/h5-6H,2-4H2,1H3;4H,2-3H2,1H3. The Balaban J connectivity index is 0. The van der Waals surface area contributed by atoms with Crippen LogP contribution in [0.25, 0.3) is 0 Å². The molecule has 0 bridgehead atoms. The van der Waals surface area contributed by atoms with Gasteiger partial charge in [0.1, 0.15) is 6.29 Å². The van der Waals surface area contributed by atoms with Gasteiger partial charge >= 0.3 is 0 Å². The molecular weight excluding hydrogens is 214 g/mol. The van der Waals surface area contributed by atoms with E-state index in [2.05, 4.69) is 19.6 Å². The minimum atomic E-state index is -0.297. The zero-order chi connectivity index (χ0) is 12.1. The summed E-state index contributed by atoms with van der Waals surface area (Å²) in [6, 6.07) is 0. The number of hydrogen-bond donors (Lipinski definition) is 1. The molecule has 0 aromatic heterocycles. The van der Waals surface area contributed by atoms with Gasteiger partial charge in [-0.2, -0.15) is 12.6 Å². The Morgan fingerprint density at radius 1 is 1.27 bits per heavy atom. The minimum Gasteiger partial charge on any atom is -0.301 e. The second kappa shape index (κ2) is 13.2. The number of hydrogen-bond acceptors (Lipinski definition) is 4. The van der Waals surface area contributed by atoms with Crippen LogP contribution in [0.3, 0.4) is 0 Å². The van der Waals surface area contributed by atoms with Crippen LogP contribution in [0.15, 0.2) is 0 Å². The number of carbonyl (C=O) groups is 3. The molecule has 0 radical (unpaired) electrons. The molecule has 88 valence electrons. The first-order valence-electron chi connectivity index (χ1n) is 4.97. The van der Waals surface area contributed by atoms with Gasteiger partial charge in [0, 0.05) is 6.42 Å². The van der Waals surface area contributed by atoms with Gasteiger partial charge in [0.2, 0.25) is 12.3 Å². The van der Waals surface area contributed by atoms with Crippen LogP contribution in [0.2, 0.25) is 0 Å². The van der Waals surface area contributed by atoms with Gasteiger partial charge in [0.05, 0.1) is 6.54 Å². The third kappa shape index (κ3) is 11.1. The van der Waals surface area contributed by atoms with Gasteiger partial charge in [-0.3, -0.25) is 14.5 Å². The van der Waals surface area contributed by atoms with Gasteiger partial charge in [-0.05, 0) is 18.6 Å². The van der Waals surface area contributed by atoms with Gasteiger partial charge in [-0.25, -0.2) is 0 Å². The number of imide groups is 1. The fourth-order valence-corrected chi connectivity index (χ4v) is 0.641. The second-order valence-electron chi connectivity index (χ2n) is 2.79. The Morgan fingerprint density at radius 2 is 1.80 bits per heavy atom. The van der Waals surface area contributed by atoms with Crippen molar-refractivity contribution >= 4 is 31.2 Å². The molecule has 15 heavy (non-hydrogen) atoms. The van der Waals surface area contributed by atoms with Crippen LogP contribution in [-0.2, 0) is 14.4 Å². The minimum absolute atomic E-state index is 0.137. The number of amides is 2. The zero-order valence-electron chi connectivity index (χ0n) is 9.31. The highest BCUT2D eigenvalue weighted by Crippen LogP contribution is 1.92. The Bertz CT molecular complexity index is 184. The summed E-state index contributed by atoms with van der Waals surface area (Å²) in [5, 5.41) is 0. The molecule has 0 saturated carbocycles. The molecule has 0 atom stereocenters. The van der Waals surface area contributed by atoms with Crippen molar-refractivity contribution in [3.05, 3.63) is 0 Å². The molecule has 5 heteroatoms. The first-order valence-corrected chi connectivity index (χ1v) is 5.60. The molecule has 0 aliphatic rings. The highest BCUT2D eigenvalue weighted by molar-refractivity contribution is 7.80. The summed E-state index contributed by atoms with van der Waals surface area (Å²) in [6.07, 6.45) is 3.09. The lowest BCUT2D eigenvalue weighted by atomic mass is 10.3. The predicted octanol–water partition coefficient (Wildman–Crippen LogP) is 1.30. The van der Waals surface area contributed by atoms with E-state index in [1.165, 1.54) is 6.42 Å². The third-order valence-corrected chi connectivity index (χ3v) is 1.85. The SMILES string of the molecule is CCCC(=O)N(C=O)CC=O.CCCS. The lowest BCUT2D eigenvalue weighted by Gasteiger charge is -2.09. The van der Waals surface area contributed by atoms with E-state index in [0.717, 1.165) is 10.7 Å². The normalized spacial score (nSPS) is 8.47. The van der Waals surface area contributed by atoms with Crippen LogP contribution in [0.1, 0.15) is 33.1 Å². The van der Waals surface area contributed by atoms with Crippen molar-refractivity contribution in [1.82, 2.24) is 4.90 Å². The maximum absolute atomic E-state index is 10.9. The molecule has 0 rings (SSSR count). The molecule has 0 aromatic carbocycles. The van der Waals surface area contributed by atoms with Crippen LogP contribution >= 0.6 is 12.6 Å². The fourth-order valence-electron chi connectivity index (χ4n) is 0.641. The van der Waals surface area contributed by atoms with E-state index in [1.54, 1.807) is 0 Å². The number of aldehydes is 1. The third-order valence-electron chi connectivity index (χ3n) is 1.41. The first kappa shape index (κ1) is 16.6. The molecule has 0 N–H and O–H groups in total. The van der Waals surface area contributed by atoms with Crippen LogP contribution in [-0.4, -0.2) is 35.8 Å². The van der Waals surface area contributed by atoms with Crippen LogP contribution in [0.4, 0.5) is 0 Å². The molecule has 0 heterocycles. The summed E-state index contributed by atoms with van der Waals surface area (Å²) < 4.78 is 0. The van der Waals surface area contributed by atoms with E-state index in [0.29, 0.717) is 25.5 Å². The monoisotopic (exact) mass is 233 g/mol. The van der Waals surface area contributed by atoms with Crippen molar-refractivity contribution in [3.63, 3.8) is 0 Å². The summed E-state index contributed by atoms with van der Waals surface area (Å²) in [5.74, 6) is 0.717. The number of rotatable bonds is 6. The Kier molecular flexibility index (Phi) is 14.6. The van der Waals surface area contributed by atoms with E-state index in [1.807, 2.05) is 6.92 Å². The maximum atomic E-state index is 10.9. The molecule has 4 nitrogen and oxygen atoms in total. The second-order valence-corrected chi connectivity index (χ2v) is 3.24. The summed E-state index contributed by atoms with van der Waals surface area (Å²) in [4.78, 5) is 31.9. The topological polar surface area (TPSA) is 54.5 Å². The molecule has 0 aliphatic heterocycles. The van der Waals surface area contributed by atoms with Crippen molar-refractivity contribution in [3.8, 4) is 0 Å². The number of carbonyl (C=O) groups excluding carboxylic acids is 3.